The number of fused-ring (bicyclic) bond motifs is 1. The lowest BCUT2D eigenvalue weighted by Gasteiger charge is -2.48. The van der Waals surface area contributed by atoms with Crippen molar-refractivity contribution in [1.82, 2.24) is 9.80 Å². The van der Waals surface area contributed by atoms with Gasteiger partial charge in [0.15, 0.2) is 0 Å². The highest BCUT2D eigenvalue weighted by Gasteiger charge is 2.39. The minimum Gasteiger partial charge on any atom is -0.298 e. The second-order valence-corrected chi connectivity index (χ2v) is 8.36. The summed E-state index contributed by atoms with van der Waals surface area (Å²) in [5, 5.41) is 0. The summed E-state index contributed by atoms with van der Waals surface area (Å²) in [5.41, 5.74) is 0. The highest BCUT2D eigenvalue weighted by molar-refractivity contribution is 7.16. The maximum atomic E-state index is 6.12. The molecule has 0 amide bonds. The lowest BCUT2D eigenvalue weighted by atomic mass is 9.95. The van der Waals surface area contributed by atoms with Crippen molar-refractivity contribution in [1.29, 1.82) is 0 Å². The minimum absolute atomic E-state index is 0.489. The van der Waals surface area contributed by atoms with E-state index in [1.54, 1.807) is 11.3 Å². The summed E-state index contributed by atoms with van der Waals surface area (Å²) in [6, 6.07) is 6.18. The molecule has 2 fully saturated rings. The van der Waals surface area contributed by atoms with E-state index in [9.17, 15) is 0 Å². The van der Waals surface area contributed by atoms with E-state index in [0.717, 1.165) is 10.4 Å². The molecule has 2 aliphatic rings. The number of halogens is 1. The van der Waals surface area contributed by atoms with Crippen LogP contribution in [0.4, 0.5) is 0 Å². The van der Waals surface area contributed by atoms with Crippen molar-refractivity contribution in [2.45, 2.75) is 51.7 Å². The molecule has 2 saturated heterocycles. The van der Waals surface area contributed by atoms with Crippen LogP contribution >= 0.6 is 22.9 Å². The van der Waals surface area contributed by atoms with Crippen molar-refractivity contribution < 1.29 is 0 Å². The third-order valence-corrected chi connectivity index (χ3v) is 6.44. The molecule has 3 rings (SSSR count). The molecule has 0 N–H and O–H groups in total. The second kappa shape index (κ2) is 5.96. The molecule has 4 heteroatoms. The summed E-state index contributed by atoms with van der Waals surface area (Å²) < 4.78 is 0.910. The van der Waals surface area contributed by atoms with Gasteiger partial charge in [-0.3, -0.25) is 9.80 Å². The average Bonchev–Trinajstić information content (AvgIpc) is 3.04. The van der Waals surface area contributed by atoms with Crippen molar-refractivity contribution in [3.8, 4) is 0 Å². The van der Waals surface area contributed by atoms with Gasteiger partial charge < -0.3 is 0 Å². The van der Waals surface area contributed by atoms with Gasteiger partial charge >= 0.3 is 0 Å². The Morgan fingerprint density at radius 3 is 2.70 bits per heavy atom. The van der Waals surface area contributed by atoms with E-state index in [1.165, 1.54) is 37.4 Å². The van der Waals surface area contributed by atoms with E-state index in [1.807, 2.05) is 6.07 Å². The molecule has 20 heavy (non-hydrogen) atoms. The number of hydrogen-bond donors (Lipinski definition) is 0. The number of thiophene rings is 1. The topological polar surface area (TPSA) is 6.48 Å². The highest BCUT2D eigenvalue weighted by atomic mass is 35.5. The van der Waals surface area contributed by atoms with Gasteiger partial charge in [-0.25, -0.2) is 0 Å². The van der Waals surface area contributed by atoms with E-state index in [4.69, 9.17) is 11.6 Å². The van der Waals surface area contributed by atoms with Crippen LogP contribution in [0.15, 0.2) is 12.1 Å². The first-order valence-electron chi connectivity index (χ1n) is 7.81. The third kappa shape index (κ3) is 2.78. The summed E-state index contributed by atoms with van der Waals surface area (Å²) in [6.07, 6.45) is 2.75. The molecule has 1 aromatic heterocycles. The van der Waals surface area contributed by atoms with Crippen LogP contribution in [0.3, 0.4) is 0 Å². The van der Waals surface area contributed by atoms with Crippen LogP contribution in [0.2, 0.25) is 4.34 Å². The molecule has 3 heterocycles. The Morgan fingerprint density at radius 2 is 2.05 bits per heavy atom. The first kappa shape index (κ1) is 14.8. The molecule has 0 bridgehead atoms. The summed E-state index contributed by atoms with van der Waals surface area (Å²) in [6.45, 7) is 10.8. The third-order valence-electron chi connectivity index (χ3n) is 5.04. The summed E-state index contributed by atoms with van der Waals surface area (Å²) in [5.74, 6) is 0.703. The molecule has 0 aromatic carbocycles. The van der Waals surface area contributed by atoms with Gasteiger partial charge in [0.2, 0.25) is 0 Å². The van der Waals surface area contributed by atoms with Gasteiger partial charge in [-0.1, -0.05) is 25.4 Å². The largest absolute Gasteiger partial charge is 0.298 e. The van der Waals surface area contributed by atoms with Gasteiger partial charge in [0, 0.05) is 36.1 Å². The van der Waals surface area contributed by atoms with Crippen LogP contribution in [-0.2, 0) is 0 Å². The number of piperazine rings is 1. The highest BCUT2D eigenvalue weighted by Crippen LogP contribution is 2.36. The van der Waals surface area contributed by atoms with Gasteiger partial charge in [-0.15, -0.1) is 11.3 Å². The van der Waals surface area contributed by atoms with E-state index >= 15 is 0 Å². The maximum absolute atomic E-state index is 6.12. The molecule has 0 spiro atoms. The molecule has 2 aliphatic heterocycles. The maximum Gasteiger partial charge on any atom is 0.0931 e. The SMILES string of the molecule is CC(C)C1CN2CCCC2CN1C(C)c1ccc(Cl)s1. The summed E-state index contributed by atoms with van der Waals surface area (Å²) in [4.78, 5) is 6.86. The van der Waals surface area contributed by atoms with Crippen molar-refractivity contribution in [2.24, 2.45) is 5.92 Å². The number of rotatable bonds is 3. The smallest absolute Gasteiger partial charge is 0.0931 e. The zero-order valence-corrected chi connectivity index (χ0v) is 14.3. The Bertz CT molecular complexity index is 459. The first-order chi connectivity index (χ1) is 9.56. The number of nitrogens with zero attached hydrogens (tertiary/aromatic N) is 2. The Kier molecular flexibility index (Phi) is 4.42. The van der Waals surface area contributed by atoms with E-state index in [2.05, 4.69) is 36.6 Å². The molecule has 0 saturated carbocycles. The molecular formula is C16H25ClN2S. The van der Waals surface area contributed by atoms with Gasteiger partial charge in [-0.2, -0.15) is 0 Å². The lowest BCUT2D eigenvalue weighted by Crippen LogP contribution is -2.58. The molecule has 112 valence electrons. The van der Waals surface area contributed by atoms with Crippen LogP contribution in [-0.4, -0.2) is 41.5 Å². The van der Waals surface area contributed by atoms with Gasteiger partial charge in [-0.05, 0) is 44.4 Å². The Morgan fingerprint density at radius 1 is 1.25 bits per heavy atom. The Hall–Kier alpha value is -0.0900. The zero-order valence-electron chi connectivity index (χ0n) is 12.7. The Labute approximate surface area is 131 Å². The Balaban J connectivity index is 1.81. The fraction of sp³-hybridized carbons (Fsp3) is 0.750. The van der Waals surface area contributed by atoms with E-state index in [0.29, 0.717) is 18.0 Å². The second-order valence-electron chi connectivity index (χ2n) is 6.62. The monoisotopic (exact) mass is 312 g/mol. The predicted octanol–water partition coefficient (Wildman–Crippen LogP) is 4.27. The number of hydrogen-bond acceptors (Lipinski definition) is 3. The van der Waals surface area contributed by atoms with E-state index in [-0.39, 0.29) is 0 Å². The van der Waals surface area contributed by atoms with Crippen molar-refractivity contribution in [2.75, 3.05) is 19.6 Å². The molecule has 2 nitrogen and oxygen atoms in total. The fourth-order valence-electron chi connectivity index (χ4n) is 3.82. The molecule has 0 radical (unpaired) electrons. The van der Waals surface area contributed by atoms with Gasteiger partial charge in [0.05, 0.1) is 4.34 Å². The zero-order chi connectivity index (χ0) is 14.3. The molecule has 1 aromatic rings. The predicted molar refractivity (Wildman–Crippen MR) is 87.7 cm³/mol. The van der Waals surface area contributed by atoms with E-state index < -0.39 is 0 Å². The van der Waals surface area contributed by atoms with Gasteiger partial charge in [0.1, 0.15) is 0 Å². The van der Waals surface area contributed by atoms with Crippen molar-refractivity contribution >= 4 is 22.9 Å². The van der Waals surface area contributed by atoms with Crippen LogP contribution in [0.1, 0.15) is 44.5 Å². The standard InChI is InChI=1S/C16H25ClN2S/c1-11(2)14-10-18-8-4-5-13(18)9-19(14)12(3)15-6-7-16(17)20-15/h6-7,11-14H,4-5,8-10H2,1-3H3. The molecular weight excluding hydrogens is 288 g/mol. The summed E-state index contributed by atoms with van der Waals surface area (Å²) >= 11 is 7.86. The first-order valence-corrected chi connectivity index (χ1v) is 9.00. The minimum atomic E-state index is 0.489. The quantitative estimate of drug-likeness (QED) is 0.822. The lowest BCUT2D eigenvalue weighted by molar-refractivity contribution is 0.00493. The molecule has 0 aliphatic carbocycles. The van der Waals surface area contributed by atoms with Crippen molar-refractivity contribution in [3.63, 3.8) is 0 Å². The average molecular weight is 313 g/mol. The van der Waals surface area contributed by atoms with Crippen LogP contribution in [0.5, 0.6) is 0 Å². The molecule has 3 atom stereocenters. The van der Waals surface area contributed by atoms with Crippen LogP contribution in [0.25, 0.3) is 0 Å². The normalized spacial score (nSPS) is 29.9. The van der Waals surface area contributed by atoms with Crippen LogP contribution < -0.4 is 0 Å². The van der Waals surface area contributed by atoms with Crippen LogP contribution in [0, 0.1) is 5.92 Å². The fourth-order valence-corrected chi connectivity index (χ4v) is 4.96. The van der Waals surface area contributed by atoms with Crippen molar-refractivity contribution in [3.05, 3.63) is 21.3 Å². The molecule has 3 unspecified atom stereocenters. The summed E-state index contributed by atoms with van der Waals surface area (Å²) in [7, 11) is 0. The van der Waals surface area contributed by atoms with Gasteiger partial charge in [0.25, 0.3) is 0 Å².